The maximum atomic E-state index is 9.12. The Morgan fingerprint density at radius 3 is 2.94 bits per heavy atom. The highest BCUT2D eigenvalue weighted by Gasteiger charge is 2.19. The molecule has 2 aromatic heterocycles. The van der Waals surface area contributed by atoms with Crippen molar-refractivity contribution < 1.29 is 5.11 Å². The van der Waals surface area contributed by atoms with Gasteiger partial charge in [0.1, 0.15) is 5.15 Å². The van der Waals surface area contributed by atoms with Gasteiger partial charge in [0.25, 0.3) is 0 Å². The van der Waals surface area contributed by atoms with E-state index >= 15 is 0 Å². The van der Waals surface area contributed by atoms with Crippen molar-refractivity contribution >= 4 is 11.6 Å². The van der Waals surface area contributed by atoms with Crippen LogP contribution in [-0.4, -0.2) is 20.1 Å². The summed E-state index contributed by atoms with van der Waals surface area (Å²) in [6.45, 7) is -0.109. The highest BCUT2D eigenvalue weighted by atomic mass is 35.5. The Labute approximate surface area is 110 Å². The van der Waals surface area contributed by atoms with Gasteiger partial charge in [-0.05, 0) is 30.9 Å². The first-order valence-corrected chi connectivity index (χ1v) is 6.26. The highest BCUT2D eigenvalue weighted by molar-refractivity contribution is 6.29. The quantitative estimate of drug-likeness (QED) is 0.842. The molecular formula is C13H12ClN3O. The summed E-state index contributed by atoms with van der Waals surface area (Å²) in [5.41, 5.74) is 4.58. The van der Waals surface area contributed by atoms with Crippen LogP contribution in [0.5, 0.6) is 0 Å². The predicted molar refractivity (Wildman–Crippen MR) is 68.2 cm³/mol. The van der Waals surface area contributed by atoms with Gasteiger partial charge in [-0.1, -0.05) is 11.6 Å². The second-order valence-corrected chi connectivity index (χ2v) is 4.71. The third-order valence-electron chi connectivity index (χ3n) is 3.14. The molecule has 2 aromatic rings. The minimum absolute atomic E-state index is 0.109. The van der Waals surface area contributed by atoms with Crippen molar-refractivity contribution in [1.82, 2.24) is 15.0 Å². The molecule has 0 radical (unpaired) electrons. The van der Waals surface area contributed by atoms with Crippen molar-refractivity contribution in [1.29, 1.82) is 0 Å². The maximum absolute atomic E-state index is 9.12. The molecule has 0 saturated carbocycles. The zero-order valence-corrected chi connectivity index (χ0v) is 10.5. The standard InChI is InChI=1S/C13H12ClN3O/c14-13-4-10(9-2-1-3-11(9)17-13)12-6-15-5-8(7-18)16-12/h4-6,18H,1-3,7H2. The van der Waals surface area contributed by atoms with E-state index in [1.54, 1.807) is 12.4 Å². The summed E-state index contributed by atoms with van der Waals surface area (Å²) in [4.78, 5) is 12.8. The van der Waals surface area contributed by atoms with E-state index in [1.807, 2.05) is 6.07 Å². The Morgan fingerprint density at radius 1 is 1.22 bits per heavy atom. The second kappa shape index (κ2) is 4.63. The summed E-state index contributed by atoms with van der Waals surface area (Å²) >= 11 is 6.04. The van der Waals surface area contributed by atoms with Crippen molar-refractivity contribution in [3.63, 3.8) is 0 Å². The smallest absolute Gasteiger partial charge is 0.130 e. The SMILES string of the molecule is OCc1cncc(-c2cc(Cl)nc3c2CCC3)n1. The van der Waals surface area contributed by atoms with Gasteiger partial charge in [-0.15, -0.1) is 0 Å². The van der Waals surface area contributed by atoms with E-state index < -0.39 is 0 Å². The average molecular weight is 262 g/mol. The van der Waals surface area contributed by atoms with Crippen LogP contribution < -0.4 is 0 Å². The first kappa shape index (κ1) is 11.6. The summed E-state index contributed by atoms with van der Waals surface area (Å²) in [5.74, 6) is 0. The fraction of sp³-hybridized carbons (Fsp3) is 0.308. The Kier molecular flexibility index (Phi) is 2.97. The number of aliphatic hydroxyl groups excluding tert-OH is 1. The number of halogens is 1. The Balaban J connectivity index is 2.16. The van der Waals surface area contributed by atoms with E-state index in [0.717, 1.165) is 36.2 Å². The molecule has 1 N–H and O–H groups in total. The number of nitrogens with zero attached hydrogens (tertiary/aromatic N) is 3. The van der Waals surface area contributed by atoms with Crippen LogP contribution in [0.15, 0.2) is 18.5 Å². The molecule has 0 spiro atoms. The van der Waals surface area contributed by atoms with Gasteiger partial charge in [0, 0.05) is 11.3 Å². The summed E-state index contributed by atoms with van der Waals surface area (Å²) < 4.78 is 0. The molecular weight excluding hydrogens is 250 g/mol. The number of pyridine rings is 1. The van der Waals surface area contributed by atoms with Crippen LogP contribution in [0.25, 0.3) is 11.3 Å². The molecule has 0 fully saturated rings. The molecule has 0 bridgehead atoms. The molecule has 0 unspecified atom stereocenters. The highest BCUT2D eigenvalue weighted by Crippen LogP contribution is 2.32. The number of hydrogen-bond acceptors (Lipinski definition) is 4. The molecule has 18 heavy (non-hydrogen) atoms. The Bertz CT molecular complexity index is 601. The topological polar surface area (TPSA) is 58.9 Å². The Hall–Kier alpha value is -1.52. The van der Waals surface area contributed by atoms with Crippen LogP contribution >= 0.6 is 11.6 Å². The monoisotopic (exact) mass is 261 g/mol. The van der Waals surface area contributed by atoms with Crippen molar-refractivity contribution in [3.05, 3.63) is 40.6 Å². The summed E-state index contributed by atoms with van der Waals surface area (Å²) in [7, 11) is 0. The van der Waals surface area contributed by atoms with Crippen LogP contribution in [0.2, 0.25) is 5.15 Å². The number of aliphatic hydroxyl groups is 1. The van der Waals surface area contributed by atoms with Crippen molar-refractivity contribution in [2.24, 2.45) is 0 Å². The second-order valence-electron chi connectivity index (χ2n) is 4.33. The first-order chi connectivity index (χ1) is 8.78. The maximum Gasteiger partial charge on any atom is 0.130 e. The molecule has 0 aliphatic heterocycles. The molecule has 92 valence electrons. The molecule has 2 heterocycles. The van der Waals surface area contributed by atoms with E-state index in [2.05, 4.69) is 15.0 Å². The lowest BCUT2D eigenvalue weighted by molar-refractivity contribution is 0.276. The number of fused-ring (bicyclic) bond motifs is 1. The zero-order valence-electron chi connectivity index (χ0n) is 9.73. The van der Waals surface area contributed by atoms with E-state index in [4.69, 9.17) is 16.7 Å². The Morgan fingerprint density at radius 2 is 2.11 bits per heavy atom. The summed E-state index contributed by atoms with van der Waals surface area (Å²) in [6, 6.07) is 1.83. The van der Waals surface area contributed by atoms with Gasteiger partial charge < -0.3 is 5.11 Å². The van der Waals surface area contributed by atoms with Gasteiger partial charge >= 0.3 is 0 Å². The van der Waals surface area contributed by atoms with Crippen LogP contribution in [0, 0.1) is 0 Å². The van der Waals surface area contributed by atoms with E-state index in [1.165, 1.54) is 5.56 Å². The number of aryl methyl sites for hydroxylation is 1. The van der Waals surface area contributed by atoms with Gasteiger partial charge in [0.2, 0.25) is 0 Å². The largest absolute Gasteiger partial charge is 0.390 e. The molecule has 3 rings (SSSR count). The van der Waals surface area contributed by atoms with Crippen LogP contribution in [0.4, 0.5) is 0 Å². The van der Waals surface area contributed by atoms with Crippen LogP contribution in [-0.2, 0) is 19.4 Å². The van der Waals surface area contributed by atoms with Crippen molar-refractivity contribution in [2.45, 2.75) is 25.9 Å². The number of aromatic nitrogens is 3. The predicted octanol–water partition coefficient (Wildman–Crippen LogP) is 2.17. The zero-order chi connectivity index (χ0) is 12.5. The molecule has 4 nitrogen and oxygen atoms in total. The summed E-state index contributed by atoms with van der Waals surface area (Å²) in [5, 5.41) is 9.60. The number of rotatable bonds is 2. The van der Waals surface area contributed by atoms with Crippen LogP contribution in [0.3, 0.4) is 0 Å². The lowest BCUT2D eigenvalue weighted by Gasteiger charge is -2.08. The number of hydrogen-bond donors (Lipinski definition) is 1. The van der Waals surface area contributed by atoms with Gasteiger partial charge in [-0.25, -0.2) is 9.97 Å². The normalized spacial score (nSPS) is 13.7. The van der Waals surface area contributed by atoms with Crippen molar-refractivity contribution in [3.8, 4) is 11.3 Å². The van der Waals surface area contributed by atoms with Gasteiger partial charge in [0.05, 0.1) is 30.4 Å². The van der Waals surface area contributed by atoms with Gasteiger partial charge in [0.15, 0.2) is 0 Å². The minimum atomic E-state index is -0.109. The third kappa shape index (κ3) is 1.98. The molecule has 5 heteroatoms. The van der Waals surface area contributed by atoms with E-state index in [0.29, 0.717) is 10.8 Å². The average Bonchev–Trinajstić information content (AvgIpc) is 2.85. The molecule has 1 aliphatic carbocycles. The lowest BCUT2D eigenvalue weighted by atomic mass is 10.1. The molecule has 0 aromatic carbocycles. The fourth-order valence-electron chi connectivity index (χ4n) is 2.35. The van der Waals surface area contributed by atoms with E-state index in [-0.39, 0.29) is 6.61 Å². The molecule has 1 aliphatic rings. The van der Waals surface area contributed by atoms with Gasteiger partial charge in [-0.3, -0.25) is 4.98 Å². The fourth-order valence-corrected chi connectivity index (χ4v) is 2.56. The molecule has 0 saturated heterocycles. The minimum Gasteiger partial charge on any atom is -0.390 e. The van der Waals surface area contributed by atoms with Crippen molar-refractivity contribution in [2.75, 3.05) is 0 Å². The lowest BCUT2D eigenvalue weighted by Crippen LogP contribution is -1.98. The third-order valence-corrected chi connectivity index (χ3v) is 3.34. The van der Waals surface area contributed by atoms with Gasteiger partial charge in [-0.2, -0.15) is 0 Å². The first-order valence-electron chi connectivity index (χ1n) is 5.88. The van der Waals surface area contributed by atoms with E-state index in [9.17, 15) is 0 Å². The molecule has 0 atom stereocenters. The summed E-state index contributed by atoms with van der Waals surface area (Å²) in [6.07, 6.45) is 6.33. The van der Waals surface area contributed by atoms with Crippen LogP contribution in [0.1, 0.15) is 23.4 Å². The molecule has 0 amide bonds.